The summed E-state index contributed by atoms with van der Waals surface area (Å²) in [5.41, 5.74) is 2.13. The molecule has 2 fully saturated rings. The van der Waals surface area contributed by atoms with Gasteiger partial charge in [0, 0.05) is 0 Å². The molecule has 1 heteroatoms. The smallest absolute Gasteiger partial charge is 0.00179 e. The Bertz CT molecular complexity index is 450. The zero-order valence-electron chi connectivity index (χ0n) is 13.9. The maximum atomic E-state index is 3.61. The minimum atomic E-state index is 0.553. The molecule has 21 heavy (non-hydrogen) atoms. The minimum Gasteiger partial charge on any atom is -0.317 e. The molecule has 1 nitrogen and oxygen atoms in total. The predicted molar refractivity (Wildman–Crippen MR) is 90.4 cm³/mol. The average Bonchev–Trinajstić information content (AvgIpc) is 3.27. The second-order valence-corrected chi connectivity index (χ2v) is 8.06. The van der Waals surface area contributed by atoms with Gasteiger partial charge in [-0.25, -0.2) is 0 Å². The van der Waals surface area contributed by atoms with Gasteiger partial charge >= 0.3 is 0 Å². The highest BCUT2D eigenvalue weighted by atomic mass is 14.9. The second kappa shape index (κ2) is 6.12. The van der Waals surface area contributed by atoms with Gasteiger partial charge in [0.2, 0.25) is 0 Å². The van der Waals surface area contributed by atoms with Gasteiger partial charge < -0.3 is 5.32 Å². The first-order valence-corrected chi connectivity index (χ1v) is 8.86. The Labute approximate surface area is 130 Å². The van der Waals surface area contributed by atoms with Crippen molar-refractivity contribution in [3.05, 3.63) is 35.9 Å². The Balaban J connectivity index is 1.68. The number of hydrogen-bond acceptors (Lipinski definition) is 1. The monoisotopic (exact) mass is 285 g/mol. The molecule has 0 radical (unpaired) electrons. The molecule has 3 rings (SSSR count). The van der Waals surface area contributed by atoms with Crippen LogP contribution in [-0.4, -0.2) is 13.1 Å². The van der Waals surface area contributed by atoms with E-state index in [1.165, 1.54) is 32.2 Å². The minimum absolute atomic E-state index is 0.553. The molecule has 1 aromatic carbocycles. The van der Waals surface area contributed by atoms with Gasteiger partial charge in [-0.05, 0) is 73.4 Å². The van der Waals surface area contributed by atoms with Crippen LogP contribution in [0.4, 0.5) is 0 Å². The molecule has 0 aromatic heterocycles. The highest BCUT2D eigenvalue weighted by Gasteiger charge is 2.49. The number of nitrogens with one attached hydrogen (secondary N) is 1. The summed E-state index contributed by atoms with van der Waals surface area (Å²) in [6.07, 6.45) is 5.68. The summed E-state index contributed by atoms with van der Waals surface area (Å²) in [6, 6.07) is 11.2. The van der Waals surface area contributed by atoms with Crippen LogP contribution in [0.3, 0.4) is 0 Å². The van der Waals surface area contributed by atoms with Gasteiger partial charge in [0.1, 0.15) is 0 Å². The highest BCUT2D eigenvalue weighted by molar-refractivity contribution is 5.26. The first kappa shape index (κ1) is 15.1. The lowest BCUT2D eigenvalue weighted by Crippen LogP contribution is -2.37. The van der Waals surface area contributed by atoms with Gasteiger partial charge in [0.15, 0.2) is 0 Å². The topological polar surface area (TPSA) is 12.0 Å². The lowest BCUT2D eigenvalue weighted by atomic mass is 9.65. The average molecular weight is 285 g/mol. The zero-order valence-corrected chi connectivity index (χ0v) is 13.9. The van der Waals surface area contributed by atoms with Gasteiger partial charge in [0.05, 0.1) is 0 Å². The summed E-state index contributed by atoms with van der Waals surface area (Å²) in [6.45, 7) is 9.52. The molecule has 1 N–H and O–H groups in total. The molecule has 0 spiro atoms. The van der Waals surface area contributed by atoms with Crippen LogP contribution in [0.2, 0.25) is 0 Å². The highest BCUT2D eigenvalue weighted by Crippen LogP contribution is 2.58. The summed E-state index contributed by atoms with van der Waals surface area (Å²) < 4.78 is 0. The third-order valence-electron chi connectivity index (χ3n) is 5.86. The zero-order chi connectivity index (χ0) is 14.9. The van der Waals surface area contributed by atoms with Crippen molar-refractivity contribution < 1.29 is 0 Å². The standard InChI is InChI=1S/C20H31N/c1-4-21-14-16-10-11-20(2,3)13-19(16)18-12-17(18)15-8-6-5-7-9-15/h5-9,16-19,21H,4,10-14H2,1-3H3. The van der Waals surface area contributed by atoms with Gasteiger partial charge in [-0.2, -0.15) is 0 Å². The van der Waals surface area contributed by atoms with Gasteiger partial charge in [-0.1, -0.05) is 51.1 Å². The van der Waals surface area contributed by atoms with E-state index in [0.29, 0.717) is 5.41 Å². The van der Waals surface area contributed by atoms with Crippen molar-refractivity contribution in [2.45, 2.75) is 52.4 Å². The number of rotatable bonds is 5. The predicted octanol–water partition coefficient (Wildman–Crippen LogP) is 4.84. The fourth-order valence-electron chi connectivity index (χ4n) is 4.55. The van der Waals surface area contributed by atoms with E-state index in [-0.39, 0.29) is 0 Å². The summed E-state index contributed by atoms with van der Waals surface area (Å²) in [5.74, 6) is 3.61. The van der Waals surface area contributed by atoms with Crippen LogP contribution in [0.5, 0.6) is 0 Å². The van der Waals surface area contributed by atoms with Crippen LogP contribution in [-0.2, 0) is 0 Å². The van der Waals surface area contributed by atoms with Crippen molar-refractivity contribution in [1.82, 2.24) is 5.32 Å². The maximum absolute atomic E-state index is 3.61. The van der Waals surface area contributed by atoms with Crippen molar-refractivity contribution in [1.29, 1.82) is 0 Å². The fraction of sp³-hybridized carbons (Fsp3) is 0.700. The van der Waals surface area contributed by atoms with Crippen molar-refractivity contribution in [3.63, 3.8) is 0 Å². The third kappa shape index (κ3) is 3.51. The van der Waals surface area contributed by atoms with Crippen LogP contribution < -0.4 is 5.32 Å². The molecule has 4 atom stereocenters. The quantitative estimate of drug-likeness (QED) is 0.816. The van der Waals surface area contributed by atoms with Crippen molar-refractivity contribution in [2.75, 3.05) is 13.1 Å². The van der Waals surface area contributed by atoms with E-state index in [1.807, 2.05) is 0 Å². The van der Waals surface area contributed by atoms with E-state index in [2.05, 4.69) is 56.4 Å². The Morgan fingerprint density at radius 2 is 1.90 bits per heavy atom. The molecule has 0 aliphatic heterocycles. The Kier molecular flexibility index (Phi) is 4.40. The molecule has 4 unspecified atom stereocenters. The maximum Gasteiger partial charge on any atom is -0.00179 e. The first-order chi connectivity index (χ1) is 10.1. The fourth-order valence-corrected chi connectivity index (χ4v) is 4.55. The molecule has 0 amide bonds. The molecule has 0 heterocycles. The molecule has 1 aromatic rings. The number of hydrogen-bond donors (Lipinski definition) is 1. The SMILES string of the molecule is CCNCC1CCC(C)(C)CC1C1CC1c1ccccc1. The molecular weight excluding hydrogens is 254 g/mol. The van der Waals surface area contributed by atoms with Crippen LogP contribution in [0.15, 0.2) is 30.3 Å². The van der Waals surface area contributed by atoms with Gasteiger partial charge in [0.25, 0.3) is 0 Å². The first-order valence-electron chi connectivity index (χ1n) is 8.86. The molecular formula is C20H31N. The molecule has 116 valence electrons. The Morgan fingerprint density at radius 3 is 2.62 bits per heavy atom. The van der Waals surface area contributed by atoms with Crippen LogP contribution in [0.25, 0.3) is 0 Å². The lowest BCUT2D eigenvalue weighted by Gasteiger charge is -2.41. The van der Waals surface area contributed by atoms with Gasteiger partial charge in [-0.3, -0.25) is 0 Å². The normalized spacial score (nSPS) is 34.6. The van der Waals surface area contributed by atoms with Crippen molar-refractivity contribution in [3.8, 4) is 0 Å². The van der Waals surface area contributed by atoms with E-state index in [0.717, 1.165) is 30.2 Å². The van der Waals surface area contributed by atoms with Crippen LogP contribution in [0, 0.1) is 23.2 Å². The molecule has 2 saturated carbocycles. The van der Waals surface area contributed by atoms with E-state index in [4.69, 9.17) is 0 Å². The summed E-state index contributed by atoms with van der Waals surface area (Å²) in [7, 11) is 0. The van der Waals surface area contributed by atoms with Gasteiger partial charge in [-0.15, -0.1) is 0 Å². The van der Waals surface area contributed by atoms with Crippen LogP contribution >= 0.6 is 0 Å². The molecule has 0 bridgehead atoms. The molecule has 2 aliphatic rings. The Morgan fingerprint density at radius 1 is 1.14 bits per heavy atom. The third-order valence-corrected chi connectivity index (χ3v) is 5.86. The van der Waals surface area contributed by atoms with Crippen LogP contribution in [0.1, 0.15) is 57.9 Å². The summed E-state index contributed by atoms with van der Waals surface area (Å²) in [4.78, 5) is 0. The van der Waals surface area contributed by atoms with E-state index < -0.39 is 0 Å². The molecule has 0 saturated heterocycles. The largest absolute Gasteiger partial charge is 0.317 e. The van der Waals surface area contributed by atoms with E-state index >= 15 is 0 Å². The lowest BCUT2D eigenvalue weighted by molar-refractivity contribution is 0.0998. The second-order valence-electron chi connectivity index (χ2n) is 8.06. The van der Waals surface area contributed by atoms with Crippen molar-refractivity contribution in [2.24, 2.45) is 23.2 Å². The van der Waals surface area contributed by atoms with E-state index in [9.17, 15) is 0 Å². The summed E-state index contributed by atoms with van der Waals surface area (Å²) in [5, 5.41) is 3.61. The van der Waals surface area contributed by atoms with Crippen molar-refractivity contribution >= 4 is 0 Å². The summed E-state index contributed by atoms with van der Waals surface area (Å²) >= 11 is 0. The Hall–Kier alpha value is -0.820. The number of benzene rings is 1. The molecule has 2 aliphatic carbocycles. The van der Waals surface area contributed by atoms with E-state index in [1.54, 1.807) is 5.56 Å².